The molecule has 142 valence electrons. The molecule has 3 heteroatoms. The van der Waals surface area contributed by atoms with Gasteiger partial charge in [-0.05, 0) is 66.6 Å². The monoisotopic (exact) mass is 382 g/mol. The highest BCUT2D eigenvalue weighted by molar-refractivity contribution is 6.30. The van der Waals surface area contributed by atoms with Gasteiger partial charge in [0.2, 0.25) is 0 Å². The number of benzene rings is 2. The Morgan fingerprint density at radius 2 is 1.48 bits per heavy atom. The Morgan fingerprint density at radius 3 is 2.04 bits per heavy atom. The van der Waals surface area contributed by atoms with Crippen LogP contribution >= 0.6 is 11.6 Å². The summed E-state index contributed by atoms with van der Waals surface area (Å²) in [4.78, 5) is 13.0. The van der Waals surface area contributed by atoms with Crippen LogP contribution in [-0.4, -0.2) is 10.9 Å². The zero-order valence-electron chi connectivity index (χ0n) is 15.2. The molecule has 0 bridgehead atoms. The summed E-state index contributed by atoms with van der Waals surface area (Å²) in [6.45, 7) is 4.05. The summed E-state index contributed by atoms with van der Waals surface area (Å²) in [7, 11) is 0. The fourth-order valence-electron chi connectivity index (χ4n) is 4.69. The molecule has 0 spiro atoms. The van der Waals surface area contributed by atoms with Gasteiger partial charge in [-0.25, -0.2) is 0 Å². The number of aliphatic hydroxyl groups excluding tert-OH is 1. The first-order valence-electron chi connectivity index (χ1n) is 9.32. The molecule has 0 amide bonds. The minimum atomic E-state index is -0.0199. The first kappa shape index (κ1) is 19.7. The number of carbonyl (C=O) groups excluding carboxylic acids is 1. The van der Waals surface area contributed by atoms with Gasteiger partial charge in [-0.2, -0.15) is 0 Å². The highest BCUT2D eigenvalue weighted by Gasteiger charge is 2.44. The van der Waals surface area contributed by atoms with Crippen LogP contribution in [-0.2, 0) is 4.79 Å². The maximum Gasteiger partial charge on any atom is 0.170 e. The van der Waals surface area contributed by atoms with Crippen LogP contribution in [0, 0.1) is 25.7 Å². The summed E-state index contributed by atoms with van der Waals surface area (Å²) in [5.74, 6) is 0.470. The molecule has 0 aliphatic heterocycles. The van der Waals surface area contributed by atoms with Crippen molar-refractivity contribution in [3.63, 3.8) is 0 Å². The van der Waals surface area contributed by atoms with Gasteiger partial charge < -0.3 is 5.11 Å². The molecule has 2 nitrogen and oxygen atoms in total. The van der Waals surface area contributed by atoms with E-state index in [1.807, 2.05) is 38.1 Å². The third-order valence-electron chi connectivity index (χ3n) is 5.92. The fourth-order valence-corrected chi connectivity index (χ4v) is 4.81. The lowest BCUT2D eigenvalue weighted by Crippen LogP contribution is -2.21. The number of fused-ring (bicyclic) bond motifs is 1. The number of hydrogen-bond donors (Lipinski definition) is 1. The second kappa shape index (κ2) is 7.52. The topological polar surface area (TPSA) is 37.3 Å². The maximum atomic E-state index is 13.0. The number of rotatable bonds is 2. The normalized spacial score (nSPS) is 21.8. The molecule has 0 heterocycles. The van der Waals surface area contributed by atoms with E-state index >= 15 is 0 Å². The first-order chi connectivity index (χ1) is 12.5. The smallest absolute Gasteiger partial charge is 0.170 e. The minimum Gasteiger partial charge on any atom is -0.511 e. The van der Waals surface area contributed by atoms with Crippen molar-refractivity contribution in [3.8, 4) is 11.1 Å². The van der Waals surface area contributed by atoms with E-state index in [9.17, 15) is 9.90 Å². The Balaban J connectivity index is 0.00000210. The minimum absolute atomic E-state index is 0. The largest absolute Gasteiger partial charge is 0.511 e. The summed E-state index contributed by atoms with van der Waals surface area (Å²) in [6.07, 6.45) is 4.00. The molecular formula is C24H27ClO2. The molecule has 1 fully saturated rings. The molecule has 2 aromatic carbocycles. The lowest BCUT2D eigenvalue weighted by molar-refractivity contribution is -0.118. The molecule has 2 aliphatic rings. The Labute approximate surface area is 166 Å². The van der Waals surface area contributed by atoms with Crippen molar-refractivity contribution in [1.82, 2.24) is 0 Å². The number of carbonyl (C=O) groups is 1. The van der Waals surface area contributed by atoms with Gasteiger partial charge in [0.15, 0.2) is 5.78 Å². The molecule has 2 atom stereocenters. The Morgan fingerprint density at radius 1 is 0.926 bits per heavy atom. The molecule has 2 aliphatic carbocycles. The molecule has 4 rings (SSSR count). The maximum absolute atomic E-state index is 13.0. The zero-order chi connectivity index (χ0) is 18.4. The van der Waals surface area contributed by atoms with Crippen molar-refractivity contribution in [2.45, 2.75) is 47.0 Å². The number of aryl methyl sites for hydroxylation is 2. The van der Waals surface area contributed by atoms with Crippen molar-refractivity contribution >= 4 is 23.0 Å². The van der Waals surface area contributed by atoms with E-state index in [4.69, 9.17) is 11.6 Å². The van der Waals surface area contributed by atoms with Crippen molar-refractivity contribution in [1.29, 1.82) is 0 Å². The first-order valence-corrected chi connectivity index (χ1v) is 9.70. The fraction of sp³-hybridized carbons (Fsp3) is 0.375. The van der Waals surface area contributed by atoms with Gasteiger partial charge in [-0.15, -0.1) is 0 Å². The Bertz CT molecular complexity index is 885. The van der Waals surface area contributed by atoms with Gasteiger partial charge in [0, 0.05) is 16.9 Å². The summed E-state index contributed by atoms with van der Waals surface area (Å²) in [6, 6.07) is 12.0. The van der Waals surface area contributed by atoms with E-state index in [1.165, 1.54) is 0 Å². The van der Waals surface area contributed by atoms with Crippen LogP contribution in [0.15, 0.2) is 42.2 Å². The third kappa shape index (κ3) is 3.32. The van der Waals surface area contributed by atoms with Crippen molar-refractivity contribution in [2.75, 3.05) is 0 Å². The molecule has 0 unspecified atom stereocenters. The van der Waals surface area contributed by atoms with Gasteiger partial charge >= 0.3 is 0 Å². The van der Waals surface area contributed by atoms with E-state index in [0.717, 1.165) is 53.5 Å². The van der Waals surface area contributed by atoms with Gasteiger partial charge in [0.05, 0.1) is 5.57 Å². The number of halogens is 1. The van der Waals surface area contributed by atoms with E-state index in [-0.39, 0.29) is 25.0 Å². The van der Waals surface area contributed by atoms with Crippen LogP contribution in [0.25, 0.3) is 16.7 Å². The highest BCUT2D eigenvalue weighted by atomic mass is 35.5. The Kier molecular flexibility index (Phi) is 5.48. The van der Waals surface area contributed by atoms with E-state index < -0.39 is 0 Å². The van der Waals surface area contributed by atoms with Crippen LogP contribution in [0.3, 0.4) is 0 Å². The Hall–Kier alpha value is -2.06. The molecule has 27 heavy (non-hydrogen) atoms. The lowest BCUT2D eigenvalue weighted by Gasteiger charge is -2.23. The summed E-state index contributed by atoms with van der Waals surface area (Å²) < 4.78 is 0. The van der Waals surface area contributed by atoms with Crippen LogP contribution < -0.4 is 0 Å². The molecule has 1 N–H and O–H groups in total. The predicted molar refractivity (Wildman–Crippen MR) is 113 cm³/mol. The van der Waals surface area contributed by atoms with E-state index in [2.05, 4.69) is 12.1 Å². The SMILES string of the molecule is C.Cc1cc(-c2ccc(Cl)cc2)cc(C)c1C1=C(O)[C@H]2CCCC[C@@H]2C1=O. The number of Topliss-reactive ketones (excluding diaryl/α,β-unsaturated/α-hetero) is 1. The van der Waals surface area contributed by atoms with E-state index in [0.29, 0.717) is 16.4 Å². The second-order valence-electron chi connectivity index (χ2n) is 7.61. The average molecular weight is 383 g/mol. The molecule has 1 saturated carbocycles. The molecular weight excluding hydrogens is 356 g/mol. The summed E-state index contributed by atoms with van der Waals surface area (Å²) in [5, 5.41) is 11.5. The van der Waals surface area contributed by atoms with Crippen LogP contribution in [0.5, 0.6) is 0 Å². The molecule has 0 aromatic heterocycles. The summed E-state index contributed by atoms with van der Waals surface area (Å²) in [5.41, 5.74) is 5.74. The number of ketones is 1. The average Bonchev–Trinajstić information content (AvgIpc) is 2.87. The van der Waals surface area contributed by atoms with Crippen LogP contribution in [0.1, 0.15) is 49.8 Å². The molecule has 0 saturated heterocycles. The van der Waals surface area contributed by atoms with E-state index in [1.54, 1.807) is 0 Å². The molecule has 2 aromatic rings. The van der Waals surface area contributed by atoms with Gasteiger partial charge in [-0.1, -0.05) is 56.1 Å². The van der Waals surface area contributed by atoms with Gasteiger partial charge in [-0.3, -0.25) is 4.79 Å². The van der Waals surface area contributed by atoms with Gasteiger partial charge in [0.1, 0.15) is 5.76 Å². The zero-order valence-corrected chi connectivity index (χ0v) is 15.9. The number of aliphatic hydroxyl groups is 1. The van der Waals surface area contributed by atoms with Crippen LogP contribution in [0.2, 0.25) is 5.02 Å². The lowest BCUT2D eigenvalue weighted by atomic mass is 9.80. The summed E-state index contributed by atoms with van der Waals surface area (Å²) >= 11 is 5.99. The predicted octanol–water partition coefficient (Wildman–Crippen LogP) is 6.92. The second-order valence-corrected chi connectivity index (χ2v) is 8.05. The number of hydrogen-bond acceptors (Lipinski definition) is 2. The van der Waals surface area contributed by atoms with Gasteiger partial charge in [0.25, 0.3) is 0 Å². The quantitative estimate of drug-likeness (QED) is 0.612. The van der Waals surface area contributed by atoms with Crippen molar-refractivity contribution in [3.05, 3.63) is 63.9 Å². The van der Waals surface area contributed by atoms with Crippen LogP contribution in [0.4, 0.5) is 0 Å². The van der Waals surface area contributed by atoms with Crippen molar-refractivity contribution in [2.24, 2.45) is 11.8 Å². The van der Waals surface area contributed by atoms with Crippen molar-refractivity contribution < 1.29 is 9.90 Å². The standard InChI is InChI=1S/C23H23ClO2.CH4/c1-13-11-16(15-7-9-17(24)10-8-15)12-14(2)20(13)21-22(25)18-5-3-4-6-19(18)23(21)26;/h7-12,18-19,25H,3-6H2,1-2H3;1H4/t18-,19-;/m0./s1. The molecule has 0 radical (unpaired) electrons. The highest BCUT2D eigenvalue weighted by Crippen LogP contribution is 2.47. The number of allylic oxidation sites excluding steroid dienone is 2. The third-order valence-corrected chi connectivity index (χ3v) is 6.17.